The van der Waals surface area contributed by atoms with Crippen molar-refractivity contribution in [2.24, 2.45) is 0 Å². The van der Waals surface area contributed by atoms with Gasteiger partial charge in [-0.05, 0) is 18.6 Å². The standard InChI is InChI=1S/C13H11F3N2O3S/c14-13(15,16)7-3-1-2-4-8(7)17-12-18-11(21)9(22-12)5-6-10(19)20/h1-4,21H,5-6H2,(H,17,18)(H,19,20). The zero-order valence-electron chi connectivity index (χ0n) is 11.0. The van der Waals surface area contributed by atoms with Gasteiger partial charge in [0, 0.05) is 0 Å². The molecule has 0 spiro atoms. The van der Waals surface area contributed by atoms with Gasteiger partial charge < -0.3 is 15.5 Å². The van der Waals surface area contributed by atoms with E-state index in [9.17, 15) is 23.1 Å². The molecule has 118 valence electrons. The highest BCUT2D eigenvalue weighted by Gasteiger charge is 2.33. The lowest BCUT2D eigenvalue weighted by molar-refractivity contribution is -0.137. The topological polar surface area (TPSA) is 82.5 Å². The lowest BCUT2D eigenvalue weighted by Crippen LogP contribution is -2.08. The molecule has 0 bridgehead atoms. The minimum atomic E-state index is -4.52. The van der Waals surface area contributed by atoms with Gasteiger partial charge in [-0.2, -0.15) is 18.2 Å². The first-order chi connectivity index (χ1) is 10.3. The Morgan fingerprint density at radius 3 is 2.64 bits per heavy atom. The monoisotopic (exact) mass is 332 g/mol. The number of carbonyl (C=O) groups is 1. The zero-order chi connectivity index (χ0) is 16.3. The number of alkyl halides is 3. The Morgan fingerprint density at radius 1 is 1.32 bits per heavy atom. The van der Waals surface area contributed by atoms with Gasteiger partial charge in [0.2, 0.25) is 5.88 Å². The van der Waals surface area contributed by atoms with E-state index in [1.165, 1.54) is 18.2 Å². The van der Waals surface area contributed by atoms with Crippen LogP contribution in [0.25, 0.3) is 0 Å². The summed E-state index contributed by atoms with van der Waals surface area (Å²) >= 11 is 0.913. The third kappa shape index (κ3) is 3.88. The molecule has 0 saturated carbocycles. The maximum absolute atomic E-state index is 12.9. The predicted octanol–water partition coefficient (Wildman–Crippen LogP) is 3.63. The largest absolute Gasteiger partial charge is 0.492 e. The Morgan fingerprint density at radius 2 is 2.00 bits per heavy atom. The molecule has 0 aliphatic heterocycles. The van der Waals surface area contributed by atoms with Crippen molar-refractivity contribution in [3.63, 3.8) is 0 Å². The van der Waals surface area contributed by atoms with E-state index in [-0.39, 0.29) is 29.5 Å². The number of anilines is 2. The normalized spacial score (nSPS) is 11.4. The molecular formula is C13H11F3N2O3S. The summed E-state index contributed by atoms with van der Waals surface area (Å²) < 4.78 is 38.6. The van der Waals surface area contributed by atoms with E-state index in [2.05, 4.69) is 10.3 Å². The molecule has 5 nitrogen and oxygen atoms in total. The molecule has 0 radical (unpaired) electrons. The first kappa shape index (κ1) is 16.1. The minimum Gasteiger partial charge on any atom is -0.492 e. The van der Waals surface area contributed by atoms with Crippen LogP contribution in [0.1, 0.15) is 16.9 Å². The number of halogens is 3. The number of aromatic nitrogens is 1. The van der Waals surface area contributed by atoms with Gasteiger partial charge in [-0.1, -0.05) is 23.5 Å². The van der Waals surface area contributed by atoms with Gasteiger partial charge in [0.25, 0.3) is 0 Å². The number of aromatic hydroxyl groups is 1. The summed E-state index contributed by atoms with van der Waals surface area (Å²) in [6.45, 7) is 0. The number of thiazole rings is 1. The number of para-hydroxylation sites is 1. The van der Waals surface area contributed by atoms with Gasteiger partial charge in [0.15, 0.2) is 5.13 Å². The molecule has 3 N–H and O–H groups in total. The fourth-order valence-corrected chi connectivity index (χ4v) is 2.60. The van der Waals surface area contributed by atoms with Crippen LogP contribution < -0.4 is 5.32 Å². The van der Waals surface area contributed by atoms with Crippen molar-refractivity contribution in [3.05, 3.63) is 34.7 Å². The van der Waals surface area contributed by atoms with E-state index < -0.39 is 17.7 Å². The number of aliphatic carboxylic acids is 1. The highest BCUT2D eigenvalue weighted by molar-refractivity contribution is 7.15. The van der Waals surface area contributed by atoms with Gasteiger partial charge in [-0.25, -0.2) is 0 Å². The van der Waals surface area contributed by atoms with E-state index in [0.717, 1.165) is 17.4 Å². The van der Waals surface area contributed by atoms with E-state index in [0.29, 0.717) is 4.88 Å². The molecule has 2 rings (SSSR count). The third-order valence-corrected chi connectivity index (χ3v) is 3.74. The molecule has 0 amide bonds. The van der Waals surface area contributed by atoms with E-state index in [1.54, 1.807) is 0 Å². The lowest BCUT2D eigenvalue weighted by atomic mass is 10.2. The Hall–Kier alpha value is -2.29. The number of benzene rings is 1. The summed E-state index contributed by atoms with van der Waals surface area (Å²) in [7, 11) is 0. The van der Waals surface area contributed by atoms with E-state index in [1.807, 2.05) is 0 Å². The van der Waals surface area contributed by atoms with Crippen LogP contribution in [-0.2, 0) is 17.4 Å². The summed E-state index contributed by atoms with van der Waals surface area (Å²) in [6, 6.07) is 4.89. The number of nitrogens with one attached hydrogen (secondary N) is 1. The van der Waals surface area contributed by atoms with Crippen LogP contribution in [0, 0.1) is 0 Å². The van der Waals surface area contributed by atoms with E-state index >= 15 is 0 Å². The van der Waals surface area contributed by atoms with Crippen LogP contribution in [0.15, 0.2) is 24.3 Å². The van der Waals surface area contributed by atoms with Gasteiger partial charge in [-0.3, -0.25) is 4.79 Å². The minimum absolute atomic E-state index is 0.0570. The molecule has 0 aliphatic carbocycles. The summed E-state index contributed by atoms with van der Waals surface area (Å²) in [6.07, 6.45) is -4.66. The number of carboxylic acid groups (broad SMARTS) is 1. The second kappa shape index (κ2) is 6.22. The van der Waals surface area contributed by atoms with Gasteiger partial charge in [0.05, 0.1) is 22.5 Å². The number of carboxylic acids is 1. The van der Waals surface area contributed by atoms with Gasteiger partial charge >= 0.3 is 12.1 Å². The average molecular weight is 332 g/mol. The second-order valence-electron chi connectivity index (χ2n) is 4.33. The first-order valence-corrected chi connectivity index (χ1v) is 6.92. The fraction of sp³-hybridized carbons (Fsp3) is 0.231. The quantitative estimate of drug-likeness (QED) is 0.779. The molecule has 0 unspecified atom stereocenters. The van der Waals surface area contributed by atoms with Gasteiger partial charge in [-0.15, -0.1) is 0 Å². The second-order valence-corrected chi connectivity index (χ2v) is 5.41. The van der Waals surface area contributed by atoms with Crippen LogP contribution in [0.4, 0.5) is 24.0 Å². The van der Waals surface area contributed by atoms with Crippen molar-refractivity contribution in [2.45, 2.75) is 19.0 Å². The van der Waals surface area contributed by atoms with Crippen molar-refractivity contribution < 1.29 is 28.2 Å². The lowest BCUT2D eigenvalue weighted by Gasteiger charge is -2.12. The highest BCUT2D eigenvalue weighted by Crippen LogP contribution is 2.37. The van der Waals surface area contributed by atoms with Crippen LogP contribution in [0.2, 0.25) is 0 Å². The van der Waals surface area contributed by atoms with Crippen molar-refractivity contribution in [3.8, 4) is 5.88 Å². The molecule has 0 atom stereocenters. The number of nitrogens with zero attached hydrogens (tertiary/aromatic N) is 1. The molecular weight excluding hydrogens is 321 g/mol. The molecule has 22 heavy (non-hydrogen) atoms. The first-order valence-electron chi connectivity index (χ1n) is 6.11. The summed E-state index contributed by atoms with van der Waals surface area (Å²) in [5.41, 5.74) is -1.04. The number of rotatable bonds is 5. The van der Waals surface area contributed by atoms with E-state index in [4.69, 9.17) is 5.11 Å². The van der Waals surface area contributed by atoms with Crippen LogP contribution >= 0.6 is 11.3 Å². The van der Waals surface area contributed by atoms with Crippen molar-refractivity contribution >= 4 is 28.1 Å². The summed E-state index contributed by atoms with van der Waals surface area (Å²) in [5.74, 6) is -1.41. The number of aryl methyl sites for hydroxylation is 1. The third-order valence-electron chi connectivity index (χ3n) is 2.72. The number of hydrogen-bond donors (Lipinski definition) is 3. The average Bonchev–Trinajstić information content (AvgIpc) is 2.76. The maximum atomic E-state index is 12.9. The van der Waals surface area contributed by atoms with Crippen LogP contribution in [-0.4, -0.2) is 21.2 Å². The molecule has 0 fully saturated rings. The van der Waals surface area contributed by atoms with Crippen LogP contribution in [0.3, 0.4) is 0 Å². The molecule has 1 aromatic heterocycles. The molecule has 1 aromatic carbocycles. The fourth-order valence-electron chi connectivity index (χ4n) is 1.73. The zero-order valence-corrected chi connectivity index (χ0v) is 11.8. The Kier molecular flexibility index (Phi) is 4.55. The van der Waals surface area contributed by atoms with Gasteiger partial charge in [0.1, 0.15) is 0 Å². The molecule has 9 heteroatoms. The van der Waals surface area contributed by atoms with Crippen molar-refractivity contribution in [1.29, 1.82) is 0 Å². The predicted molar refractivity (Wildman–Crippen MR) is 74.5 cm³/mol. The van der Waals surface area contributed by atoms with Crippen LogP contribution in [0.5, 0.6) is 5.88 Å². The molecule has 0 saturated heterocycles. The Bertz CT molecular complexity index is 685. The number of hydrogen-bond acceptors (Lipinski definition) is 5. The Balaban J connectivity index is 2.22. The summed E-state index contributed by atoms with van der Waals surface area (Å²) in [4.78, 5) is 14.5. The maximum Gasteiger partial charge on any atom is 0.418 e. The summed E-state index contributed by atoms with van der Waals surface area (Å²) in [5, 5.41) is 20.8. The van der Waals surface area contributed by atoms with Crippen molar-refractivity contribution in [1.82, 2.24) is 4.98 Å². The smallest absolute Gasteiger partial charge is 0.418 e. The molecule has 1 heterocycles. The van der Waals surface area contributed by atoms with Crippen molar-refractivity contribution in [2.75, 3.05) is 5.32 Å². The highest BCUT2D eigenvalue weighted by atomic mass is 32.1. The SMILES string of the molecule is O=C(O)CCc1sc(Nc2ccccc2C(F)(F)F)nc1O. The molecule has 0 aliphatic rings. The molecule has 2 aromatic rings. The Labute approximate surface area is 127 Å².